The van der Waals surface area contributed by atoms with Crippen molar-refractivity contribution < 1.29 is 4.39 Å². The standard InChI is InChI=1S/C16H23ClFN/c1-2-10-19-16-9-4-3-6-12(16)11-13-14(17)7-5-8-15(13)18/h5,7-8,12,16,19H,2-4,6,9-11H2,1H3. The Morgan fingerprint density at radius 2 is 2.11 bits per heavy atom. The molecule has 1 fully saturated rings. The van der Waals surface area contributed by atoms with Crippen LogP contribution in [0.15, 0.2) is 18.2 Å². The molecule has 0 amide bonds. The predicted molar refractivity (Wildman–Crippen MR) is 79.2 cm³/mol. The summed E-state index contributed by atoms with van der Waals surface area (Å²) in [5.74, 6) is 0.349. The fourth-order valence-electron chi connectivity index (χ4n) is 3.04. The van der Waals surface area contributed by atoms with Gasteiger partial charge < -0.3 is 5.32 Å². The van der Waals surface area contributed by atoms with Gasteiger partial charge in [-0.1, -0.05) is 37.4 Å². The van der Waals surface area contributed by atoms with Crippen LogP contribution in [0, 0.1) is 11.7 Å². The maximum absolute atomic E-state index is 13.9. The molecule has 1 saturated carbocycles. The molecule has 3 heteroatoms. The fourth-order valence-corrected chi connectivity index (χ4v) is 3.28. The van der Waals surface area contributed by atoms with E-state index in [1.165, 1.54) is 31.7 Å². The zero-order chi connectivity index (χ0) is 13.7. The van der Waals surface area contributed by atoms with E-state index in [4.69, 9.17) is 11.6 Å². The number of rotatable bonds is 5. The lowest BCUT2D eigenvalue weighted by molar-refractivity contribution is 0.259. The monoisotopic (exact) mass is 283 g/mol. The highest BCUT2D eigenvalue weighted by Crippen LogP contribution is 2.30. The van der Waals surface area contributed by atoms with Gasteiger partial charge in [-0.3, -0.25) is 0 Å². The van der Waals surface area contributed by atoms with Crippen molar-refractivity contribution in [2.75, 3.05) is 6.54 Å². The molecule has 1 N–H and O–H groups in total. The Bertz CT molecular complexity index is 387. The predicted octanol–water partition coefficient (Wildman–Crippen LogP) is 4.58. The molecule has 0 spiro atoms. The zero-order valence-corrected chi connectivity index (χ0v) is 12.3. The normalized spacial score (nSPS) is 23.5. The van der Waals surface area contributed by atoms with Crippen LogP contribution in [0.3, 0.4) is 0 Å². The largest absolute Gasteiger partial charge is 0.314 e. The van der Waals surface area contributed by atoms with Crippen LogP contribution in [-0.4, -0.2) is 12.6 Å². The minimum atomic E-state index is -0.160. The number of benzene rings is 1. The van der Waals surface area contributed by atoms with Crippen LogP contribution in [-0.2, 0) is 6.42 Å². The lowest BCUT2D eigenvalue weighted by atomic mass is 9.80. The smallest absolute Gasteiger partial charge is 0.127 e. The van der Waals surface area contributed by atoms with Crippen LogP contribution in [0.2, 0.25) is 5.02 Å². The molecule has 1 aromatic carbocycles. The van der Waals surface area contributed by atoms with Crippen LogP contribution in [0.25, 0.3) is 0 Å². The van der Waals surface area contributed by atoms with E-state index >= 15 is 0 Å². The molecule has 0 radical (unpaired) electrons. The SMILES string of the molecule is CCCNC1CCCCC1Cc1c(F)cccc1Cl. The first-order chi connectivity index (χ1) is 9.22. The van der Waals surface area contributed by atoms with Crippen molar-refractivity contribution in [2.24, 2.45) is 5.92 Å². The summed E-state index contributed by atoms with van der Waals surface area (Å²) in [5.41, 5.74) is 0.694. The van der Waals surface area contributed by atoms with Crippen molar-refractivity contribution >= 4 is 11.6 Å². The van der Waals surface area contributed by atoms with Gasteiger partial charge in [0.1, 0.15) is 5.82 Å². The number of hydrogen-bond acceptors (Lipinski definition) is 1. The molecular weight excluding hydrogens is 261 g/mol. The van der Waals surface area contributed by atoms with E-state index in [2.05, 4.69) is 12.2 Å². The summed E-state index contributed by atoms with van der Waals surface area (Å²) in [4.78, 5) is 0. The Morgan fingerprint density at radius 1 is 1.32 bits per heavy atom. The van der Waals surface area contributed by atoms with Gasteiger partial charge in [0.15, 0.2) is 0 Å². The molecule has 0 heterocycles. The summed E-state index contributed by atoms with van der Waals surface area (Å²) in [5, 5.41) is 4.18. The highest BCUT2D eigenvalue weighted by atomic mass is 35.5. The molecule has 0 bridgehead atoms. The summed E-state index contributed by atoms with van der Waals surface area (Å²) in [6.45, 7) is 3.23. The summed E-state index contributed by atoms with van der Waals surface area (Å²) >= 11 is 6.14. The third-order valence-electron chi connectivity index (χ3n) is 4.09. The molecule has 1 aromatic rings. The molecule has 2 unspecified atom stereocenters. The average molecular weight is 284 g/mol. The maximum Gasteiger partial charge on any atom is 0.127 e. The minimum Gasteiger partial charge on any atom is -0.314 e. The van der Waals surface area contributed by atoms with E-state index in [0.29, 0.717) is 22.5 Å². The Morgan fingerprint density at radius 3 is 2.84 bits per heavy atom. The van der Waals surface area contributed by atoms with Gasteiger partial charge in [-0.25, -0.2) is 4.39 Å². The van der Waals surface area contributed by atoms with Crippen molar-refractivity contribution in [3.05, 3.63) is 34.6 Å². The molecule has 0 aliphatic heterocycles. The van der Waals surface area contributed by atoms with E-state index in [1.807, 2.05) is 0 Å². The average Bonchev–Trinajstić information content (AvgIpc) is 2.42. The van der Waals surface area contributed by atoms with Crippen LogP contribution >= 0.6 is 11.6 Å². The van der Waals surface area contributed by atoms with Crippen LogP contribution < -0.4 is 5.32 Å². The third kappa shape index (κ3) is 3.93. The Labute approximate surface area is 120 Å². The molecule has 1 aliphatic carbocycles. The summed E-state index contributed by atoms with van der Waals surface area (Å²) in [7, 11) is 0. The van der Waals surface area contributed by atoms with Gasteiger partial charge in [-0.15, -0.1) is 0 Å². The number of hydrogen-bond donors (Lipinski definition) is 1. The maximum atomic E-state index is 13.9. The molecule has 106 valence electrons. The molecule has 1 aliphatic rings. The van der Waals surface area contributed by atoms with Crippen molar-refractivity contribution in [1.82, 2.24) is 5.32 Å². The first-order valence-corrected chi connectivity index (χ1v) is 7.76. The van der Waals surface area contributed by atoms with Crippen molar-refractivity contribution in [3.8, 4) is 0 Å². The van der Waals surface area contributed by atoms with Crippen molar-refractivity contribution in [2.45, 2.75) is 51.5 Å². The first kappa shape index (κ1) is 14.8. The van der Waals surface area contributed by atoms with Gasteiger partial charge in [0.2, 0.25) is 0 Å². The van der Waals surface area contributed by atoms with E-state index in [-0.39, 0.29) is 5.82 Å². The first-order valence-electron chi connectivity index (χ1n) is 7.38. The fraction of sp³-hybridized carbons (Fsp3) is 0.625. The second kappa shape index (κ2) is 7.25. The Hall–Kier alpha value is -0.600. The molecule has 2 atom stereocenters. The second-order valence-electron chi connectivity index (χ2n) is 5.51. The molecule has 0 saturated heterocycles. The molecular formula is C16H23ClFN. The third-order valence-corrected chi connectivity index (χ3v) is 4.45. The molecule has 19 heavy (non-hydrogen) atoms. The van der Waals surface area contributed by atoms with Crippen LogP contribution in [0.5, 0.6) is 0 Å². The Balaban J connectivity index is 2.06. The Kier molecular flexibility index (Phi) is 5.65. The van der Waals surface area contributed by atoms with Gasteiger partial charge in [0.25, 0.3) is 0 Å². The van der Waals surface area contributed by atoms with Gasteiger partial charge in [-0.2, -0.15) is 0 Å². The van der Waals surface area contributed by atoms with E-state index in [0.717, 1.165) is 19.4 Å². The topological polar surface area (TPSA) is 12.0 Å². The van der Waals surface area contributed by atoms with Crippen molar-refractivity contribution in [1.29, 1.82) is 0 Å². The second-order valence-corrected chi connectivity index (χ2v) is 5.92. The van der Waals surface area contributed by atoms with E-state index in [9.17, 15) is 4.39 Å². The van der Waals surface area contributed by atoms with Gasteiger partial charge >= 0.3 is 0 Å². The zero-order valence-electron chi connectivity index (χ0n) is 11.6. The molecule has 1 nitrogen and oxygen atoms in total. The quantitative estimate of drug-likeness (QED) is 0.834. The summed E-state index contributed by atoms with van der Waals surface area (Å²) in [6, 6.07) is 5.49. The lowest BCUT2D eigenvalue weighted by Gasteiger charge is -2.32. The minimum absolute atomic E-state index is 0.160. The van der Waals surface area contributed by atoms with E-state index in [1.54, 1.807) is 12.1 Å². The summed E-state index contributed by atoms with van der Waals surface area (Å²) in [6.07, 6.45) is 6.81. The van der Waals surface area contributed by atoms with Crippen LogP contribution in [0.4, 0.5) is 4.39 Å². The van der Waals surface area contributed by atoms with Gasteiger partial charge in [-0.05, 0) is 50.3 Å². The molecule has 2 rings (SSSR count). The highest BCUT2D eigenvalue weighted by Gasteiger charge is 2.26. The lowest BCUT2D eigenvalue weighted by Crippen LogP contribution is -2.40. The summed E-state index contributed by atoms with van der Waals surface area (Å²) < 4.78 is 13.9. The van der Waals surface area contributed by atoms with Gasteiger partial charge in [0, 0.05) is 16.6 Å². The number of halogens is 2. The van der Waals surface area contributed by atoms with Crippen molar-refractivity contribution in [3.63, 3.8) is 0 Å². The van der Waals surface area contributed by atoms with E-state index < -0.39 is 0 Å². The van der Waals surface area contributed by atoms with Gasteiger partial charge in [0.05, 0.1) is 0 Å². The molecule has 0 aromatic heterocycles. The highest BCUT2D eigenvalue weighted by molar-refractivity contribution is 6.31. The number of nitrogens with one attached hydrogen (secondary N) is 1. The van der Waals surface area contributed by atoms with Crippen LogP contribution in [0.1, 0.15) is 44.6 Å².